The zero-order chi connectivity index (χ0) is 17.2. The summed E-state index contributed by atoms with van der Waals surface area (Å²) < 4.78 is 5.19. The van der Waals surface area contributed by atoms with E-state index in [2.05, 4.69) is 9.88 Å². The standard InChI is InChI=1S/C18H22N4O2S/c1-24-16-4-2-14(3-5-16)10-21-12-15-11-20(7-8-22(15)18(21)23)13-17-19-6-9-25-17/h2-6,9,15H,7-8,10-13H2,1H3/t15-/m1/s1. The molecular formula is C18H22N4O2S. The summed E-state index contributed by atoms with van der Waals surface area (Å²) >= 11 is 1.69. The minimum atomic E-state index is 0.162. The molecule has 2 aliphatic rings. The fraction of sp³-hybridized carbons (Fsp3) is 0.444. The average molecular weight is 358 g/mol. The Kier molecular flexibility index (Phi) is 4.59. The second kappa shape index (κ2) is 7.01. The fourth-order valence-corrected chi connectivity index (χ4v) is 4.25. The highest BCUT2D eigenvalue weighted by Crippen LogP contribution is 2.24. The van der Waals surface area contributed by atoms with Crippen molar-refractivity contribution in [2.45, 2.75) is 19.1 Å². The maximum atomic E-state index is 12.7. The van der Waals surface area contributed by atoms with E-state index in [0.29, 0.717) is 6.54 Å². The first-order valence-corrected chi connectivity index (χ1v) is 9.40. The number of fused-ring (bicyclic) bond motifs is 1. The maximum absolute atomic E-state index is 12.7. The average Bonchev–Trinajstić information content (AvgIpc) is 3.24. The van der Waals surface area contributed by atoms with Gasteiger partial charge in [0, 0.05) is 44.3 Å². The maximum Gasteiger partial charge on any atom is 0.320 e. The molecule has 6 nitrogen and oxygen atoms in total. The molecule has 0 aliphatic carbocycles. The predicted octanol–water partition coefficient (Wildman–Crippen LogP) is 2.27. The Bertz CT molecular complexity index is 719. The lowest BCUT2D eigenvalue weighted by atomic mass is 10.2. The van der Waals surface area contributed by atoms with Crippen LogP contribution in [0.4, 0.5) is 4.79 Å². The molecule has 2 fully saturated rings. The molecule has 0 bridgehead atoms. The first-order chi connectivity index (χ1) is 12.2. The molecule has 3 heterocycles. The van der Waals surface area contributed by atoms with Crippen LogP contribution in [0.25, 0.3) is 0 Å². The number of aromatic nitrogens is 1. The lowest BCUT2D eigenvalue weighted by Gasteiger charge is -2.35. The first kappa shape index (κ1) is 16.4. The largest absolute Gasteiger partial charge is 0.497 e. The summed E-state index contributed by atoms with van der Waals surface area (Å²) in [5.41, 5.74) is 1.13. The van der Waals surface area contributed by atoms with Crippen molar-refractivity contribution in [2.75, 3.05) is 33.3 Å². The Morgan fingerprint density at radius 2 is 2.04 bits per heavy atom. The lowest BCUT2D eigenvalue weighted by Crippen LogP contribution is -2.51. The Morgan fingerprint density at radius 1 is 1.20 bits per heavy atom. The highest BCUT2D eigenvalue weighted by atomic mass is 32.1. The molecule has 2 aromatic rings. The number of hydrogen-bond donors (Lipinski definition) is 0. The first-order valence-electron chi connectivity index (χ1n) is 8.52. The van der Waals surface area contributed by atoms with Gasteiger partial charge in [0.25, 0.3) is 0 Å². The van der Waals surface area contributed by atoms with Gasteiger partial charge in [-0.15, -0.1) is 11.3 Å². The number of carbonyl (C=O) groups excluding carboxylic acids is 1. The Labute approximate surface area is 151 Å². The summed E-state index contributed by atoms with van der Waals surface area (Å²) in [7, 11) is 1.66. The zero-order valence-corrected chi connectivity index (χ0v) is 15.1. The van der Waals surface area contributed by atoms with Crippen LogP contribution in [0.3, 0.4) is 0 Å². The molecular weight excluding hydrogens is 336 g/mol. The SMILES string of the molecule is COc1ccc(CN2C[C@H]3CN(Cc4nccs4)CCN3C2=O)cc1. The number of nitrogens with zero attached hydrogens (tertiary/aromatic N) is 4. The number of methoxy groups -OCH3 is 1. The second-order valence-electron chi connectivity index (χ2n) is 6.52. The van der Waals surface area contributed by atoms with Crippen molar-refractivity contribution < 1.29 is 9.53 Å². The summed E-state index contributed by atoms with van der Waals surface area (Å²) in [5.74, 6) is 0.840. The van der Waals surface area contributed by atoms with E-state index in [1.54, 1.807) is 18.4 Å². The van der Waals surface area contributed by atoms with Gasteiger partial charge in [-0.25, -0.2) is 9.78 Å². The molecule has 0 N–H and O–H groups in total. The highest BCUT2D eigenvalue weighted by molar-refractivity contribution is 7.09. The van der Waals surface area contributed by atoms with Crippen LogP contribution in [-0.2, 0) is 13.1 Å². The third kappa shape index (κ3) is 3.48. The molecule has 1 atom stereocenters. The molecule has 0 unspecified atom stereocenters. The molecule has 2 amide bonds. The van der Waals surface area contributed by atoms with Gasteiger partial charge in [0.15, 0.2) is 0 Å². The predicted molar refractivity (Wildman–Crippen MR) is 96.7 cm³/mol. The summed E-state index contributed by atoms with van der Waals surface area (Å²) in [4.78, 5) is 23.5. The van der Waals surface area contributed by atoms with Gasteiger partial charge >= 0.3 is 6.03 Å². The third-order valence-corrected chi connectivity index (χ3v) is 5.65. The van der Waals surface area contributed by atoms with Crippen molar-refractivity contribution in [3.05, 3.63) is 46.4 Å². The number of rotatable bonds is 5. The van der Waals surface area contributed by atoms with E-state index < -0.39 is 0 Å². The molecule has 7 heteroatoms. The Balaban J connectivity index is 1.38. The fourth-order valence-electron chi connectivity index (χ4n) is 3.59. The van der Waals surface area contributed by atoms with Crippen molar-refractivity contribution >= 4 is 17.4 Å². The third-order valence-electron chi connectivity index (χ3n) is 4.89. The van der Waals surface area contributed by atoms with E-state index in [0.717, 1.165) is 49.0 Å². The lowest BCUT2D eigenvalue weighted by molar-refractivity contribution is 0.116. The van der Waals surface area contributed by atoms with Gasteiger partial charge in [0.2, 0.25) is 0 Å². The highest BCUT2D eigenvalue weighted by Gasteiger charge is 2.40. The van der Waals surface area contributed by atoms with E-state index in [9.17, 15) is 4.79 Å². The zero-order valence-electron chi connectivity index (χ0n) is 14.3. The summed E-state index contributed by atoms with van der Waals surface area (Å²) in [6.07, 6.45) is 1.85. The van der Waals surface area contributed by atoms with Gasteiger partial charge < -0.3 is 14.5 Å². The van der Waals surface area contributed by atoms with Crippen LogP contribution in [0, 0.1) is 0 Å². The van der Waals surface area contributed by atoms with Crippen molar-refractivity contribution in [1.29, 1.82) is 0 Å². The summed E-state index contributed by atoms with van der Waals surface area (Å²) in [6.45, 7) is 4.97. The number of hydrogen-bond acceptors (Lipinski definition) is 5. The molecule has 2 saturated heterocycles. The smallest absolute Gasteiger partial charge is 0.320 e. The van der Waals surface area contributed by atoms with Gasteiger partial charge in [-0.05, 0) is 17.7 Å². The van der Waals surface area contributed by atoms with E-state index in [-0.39, 0.29) is 12.1 Å². The quantitative estimate of drug-likeness (QED) is 0.823. The minimum Gasteiger partial charge on any atom is -0.497 e. The number of urea groups is 1. The van der Waals surface area contributed by atoms with Crippen molar-refractivity contribution in [3.63, 3.8) is 0 Å². The van der Waals surface area contributed by atoms with Crippen LogP contribution in [0.5, 0.6) is 5.75 Å². The Morgan fingerprint density at radius 3 is 2.76 bits per heavy atom. The van der Waals surface area contributed by atoms with E-state index in [1.807, 2.05) is 45.6 Å². The van der Waals surface area contributed by atoms with Crippen LogP contribution in [-0.4, -0.2) is 65.0 Å². The molecule has 2 aliphatic heterocycles. The van der Waals surface area contributed by atoms with Crippen molar-refractivity contribution in [1.82, 2.24) is 19.7 Å². The molecule has 0 radical (unpaired) electrons. The monoisotopic (exact) mass is 358 g/mol. The second-order valence-corrected chi connectivity index (χ2v) is 7.50. The number of amides is 2. The van der Waals surface area contributed by atoms with Crippen LogP contribution in [0.1, 0.15) is 10.6 Å². The van der Waals surface area contributed by atoms with Crippen LogP contribution >= 0.6 is 11.3 Å². The number of ether oxygens (including phenoxy) is 1. The molecule has 0 spiro atoms. The van der Waals surface area contributed by atoms with Crippen LogP contribution in [0.2, 0.25) is 0 Å². The van der Waals surface area contributed by atoms with Gasteiger partial charge in [-0.3, -0.25) is 4.90 Å². The van der Waals surface area contributed by atoms with Gasteiger partial charge in [-0.2, -0.15) is 0 Å². The number of piperazine rings is 1. The van der Waals surface area contributed by atoms with E-state index in [4.69, 9.17) is 4.74 Å². The van der Waals surface area contributed by atoms with Gasteiger partial charge in [-0.1, -0.05) is 12.1 Å². The minimum absolute atomic E-state index is 0.162. The summed E-state index contributed by atoms with van der Waals surface area (Å²) in [6, 6.07) is 8.38. The molecule has 0 saturated carbocycles. The number of carbonyl (C=O) groups is 1. The topological polar surface area (TPSA) is 48.9 Å². The molecule has 1 aromatic heterocycles. The summed E-state index contributed by atoms with van der Waals surface area (Å²) in [5, 5.41) is 3.16. The normalized spacial score (nSPS) is 20.8. The molecule has 132 valence electrons. The van der Waals surface area contributed by atoms with Crippen LogP contribution in [0.15, 0.2) is 35.8 Å². The van der Waals surface area contributed by atoms with Gasteiger partial charge in [0.1, 0.15) is 10.8 Å². The van der Waals surface area contributed by atoms with Gasteiger partial charge in [0.05, 0.1) is 19.7 Å². The van der Waals surface area contributed by atoms with Crippen LogP contribution < -0.4 is 4.74 Å². The Hall–Kier alpha value is -2.12. The molecule has 1 aromatic carbocycles. The van der Waals surface area contributed by atoms with Crippen molar-refractivity contribution in [3.8, 4) is 5.75 Å². The molecule has 4 rings (SSSR count). The van der Waals surface area contributed by atoms with E-state index in [1.165, 1.54) is 0 Å². The number of benzene rings is 1. The number of thiazole rings is 1. The molecule has 25 heavy (non-hydrogen) atoms. The van der Waals surface area contributed by atoms with E-state index >= 15 is 0 Å². The van der Waals surface area contributed by atoms with Crippen molar-refractivity contribution in [2.24, 2.45) is 0 Å².